The molecule has 1 rings (SSSR count). The van der Waals surface area contributed by atoms with Crippen LogP contribution in [0.25, 0.3) is 0 Å². The standard InChI is InChI=1S/C12H25NO/c1-3-12(2)6-4-5-7-13-8-10-14-11-9-13/h12H,3-11H2,1-2H3. The van der Waals surface area contributed by atoms with E-state index in [9.17, 15) is 0 Å². The highest BCUT2D eigenvalue weighted by atomic mass is 16.5. The number of hydrogen-bond acceptors (Lipinski definition) is 2. The van der Waals surface area contributed by atoms with Crippen LogP contribution in [-0.2, 0) is 4.74 Å². The fraction of sp³-hybridized carbons (Fsp3) is 1.00. The minimum atomic E-state index is 0.916. The number of unbranched alkanes of at least 4 members (excludes halogenated alkanes) is 1. The Balaban J connectivity index is 1.92. The molecule has 84 valence electrons. The molecule has 2 heteroatoms. The van der Waals surface area contributed by atoms with Crippen molar-refractivity contribution in [3.05, 3.63) is 0 Å². The number of nitrogens with zero attached hydrogens (tertiary/aromatic N) is 1. The molecule has 0 bridgehead atoms. The molecule has 0 aliphatic carbocycles. The average molecular weight is 199 g/mol. The highest BCUT2D eigenvalue weighted by molar-refractivity contribution is 4.62. The lowest BCUT2D eigenvalue weighted by molar-refractivity contribution is 0.0370. The van der Waals surface area contributed by atoms with Crippen LogP contribution in [0.3, 0.4) is 0 Å². The molecule has 1 fully saturated rings. The molecule has 0 aromatic carbocycles. The van der Waals surface area contributed by atoms with Gasteiger partial charge in [-0.05, 0) is 18.9 Å². The maximum Gasteiger partial charge on any atom is 0.0594 e. The zero-order valence-corrected chi connectivity index (χ0v) is 9.80. The predicted molar refractivity (Wildman–Crippen MR) is 60.6 cm³/mol. The van der Waals surface area contributed by atoms with Gasteiger partial charge >= 0.3 is 0 Å². The van der Waals surface area contributed by atoms with E-state index >= 15 is 0 Å². The Kier molecular flexibility index (Phi) is 6.20. The van der Waals surface area contributed by atoms with Gasteiger partial charge in [-0.2, -0.15) is 0 Å². The van der Waals surface area contributed by atoms with E-state index in [2.05, 4.69) is 18.7 Å². The smallest absolute Gasteiger partial charge is 0.0594 e. The van der Waals surface area contributed by atoms with Crippen molar-refractivity contribution < 1.29 is 4.74 Å². The largest absolute Gasteiger partial charge is 0.379 e. The lowest BCUT2D eigenvalue weighted by Crippen LogP contribution is -2.36. The van der Waals surface area contributed by atoms with E-state index in [0.717, 1.165) is 32.2 Å². The molecule has 0 aromatic heterocycles. The molecule has 0 N–H and O–H groups in total. The average Bonchev–Trinajstić information content (AvgIpc) is 2.25. The Bertz CT molecular complexity index is 132. The normalized spacial score (nSPS) is 21.0. The van der Waals surface area contributed by atoms with Crippen molar-refractivity contribution in [1.82, 2.24) is 4.90 Å². The van der Waals surface area contributed by atoms with Gasteiger partial charge in [0.2, 0.25) is 0 Å². The van der Waals surface area contributed by atoms with Crippen molar-refractivity contribution in [2.75, 3.05) is 32.8 Å². The molecule has 14 heavy (non-hydrogen) atoms. The lowest BCUT2D eigenvalue weighted by atomic mass is 10.0. The maximum atomic E-state index is 5.32. The van der Waals surface area contributed by atoms with Gasteiger partial charge in [0.25, 0.3) is 0 Å². The zero-order valence-electron chi connectivity index (χ0n) is 9.80. The third kappa shape index (κ3) is 4.97. The topological polar surface area (TPSA) is 12.5 Å². The van der Waals surface area contributed by atoms with Crippen molar-refractivity contribution >= 4 is 0 Å². The molecule has 1 unspecified atom stereocenters. The van der Waals surface area contributed by atoms with Gasteiger partial charge in [-0.3, -0.25) is 4.90 Å². The monoisotopic (exact) mass is 199 g/mol. The highest BCUT2D eigenvalue weighted by Crippen LogP contribution is 2.11. The second-order valence-corrected chi connectivity index (χ2v) is 4.46. The van der Waals surface area contributed by atoms with Gasteiger partial charge in [0.1, 0.15) is 0 Å². The molecule has 1 heterocycles. The van der Waals surface area contributed by atoms with Crippen molar-refractivity contribution in [3.8, 4) is 0 Å². The van der Waals surface area contributed by atoms with Gasteiger partial charge in [-0.25, -0.2) is 0 Å². The molecule has 1 saturated heterocycles. The van der Waals surface area contributed by atoms with Crippen molar-refractivity contribution in [2.24, 2.45) is 5.92 Å². The molecule has 1 aliphatic rings. The second kappa shape index (κ2) is 7.24. The first kappa shape index (κ1) is 12.0. The van der Waals surface area contributed by atoms with Crippen LogP contribution < -0.4 is 0 Å². The van der Waals surface area contributed by atoms with Crippen LogP contribution in [0.4, 0.5) is 0 Å². The van der Waals surface area contributed by atoms with E-state index in [4.69, 9.17) is 4.74 Å². The third-order valence-electron chi connectivity index (χ3n) is 3.22. The van der Waals surface area contributed by atoms with Gasteiger partial charge in [-0.15, -0.1) is 0 Å². The summed E-state index contributed by atoms with van der Waals surface area (Å²) in [6.07, 6.45) is 5.50. The van der Waals surface area contributed by atoms with E-state index in [0.29, 0.717) is 0 Å². The summed E-state index contributed by atoms with van der Waals surface area (Å²) in [5.41, 5.74) is 0. The Morgan fingerprint density at radius 1 is 1.21 bits per heavy atom. The molecule has 0 saturated carbocycles. The molecular formula is C12H25NO. The van der Waals surface area contributed by atoms with Crippen molar-refractivity contribution in [3.63, 3.8) is 0 Å². The summed E-state index contributed by atoms with van der Waals surface area (Å²) in [7, 11) is 0. The van der Waals surface area contributed by atoms with Crippen molar-refractivity contribution in [2.45, 2.75) is 39.5 Å². The first-order valence-electron chi connectivity index (χ1n) is 6.13. The van der Waals surface area contributed by atoms with Gasteiger partial charge in [-0.1, -0.05) is 33.1 Å². The summed E-state index contributed by atoms with van der Waals surface area (Å²) >= 11 is 0. The van der Waals surface area contributed by atoms with Gasteiger partial charge in [0.05, 0.1) is 13.2 Å². The Labute approximate surface area is 88.6 Å². The Morgan fingerprint density at radius 2 is 1.93 bits per heavy atom. The summed E-state index contributed by atoms with van der Waals surface area (Å²) in [6.45, 7) is 10.1. The van der Waals surface area contributed by atoms with Crippen molar-refractivity contribution in [1.29, 1.82) is 0 Å². The van der Waals surface area contributed by atoms with E-state index in [1.165, 1.54) is 32.2 Å². The predicted octanol–water partition coefficient (Wildman–Crippen LogP) is 2.54. The molecule has 0 amide bonds. The molecular weight excluding hydrogens is 174 g/mol. The summed E-state index contributed by atoms with van der Waals surface area (Å²) < 4.78 is 5.32. The number of ether oxygens (including phenoxy) is 1. The van der Waals surface area contributed by atoms with Crippen LogP contribution in [0.15, 0.2) is 0 Å². The third-order valence-corrected chi connectivity index (χ3v) is 3.22. The fourth-order valence-corrected chi connectivity index (χ4v) is 1.86. The SMILES string of the molecule is CCC(C)CCCCN1CCOCC1. The number of morpholine rings is 1. The van der Waals surface area contributed by atoms with E-state index < -0.39 is 0 Å². The molecule has 0 aromatic rings. The molecule has 1 atom stereocenters. The minimum Gasteiger partial charge on any atom is -0.379 e. The first-order valence-corrected chi connectivity index (χ1v) is 6.13. The Morgan fingerprint density at radius 3 is 2.57 bits per heavy atom. The first-order chi connectivity index (χ1) is 6.83. The quantitative estimate of drug-likeness (QED) is 0.610. The molecule has 0 radical (unpaired) electrons. The zero-order chi connectivity index (χ0) is 10.2. The van der Waals surface area contributed by atoms with Gasteiger partial charge in [0, 0.05) is 13.1 Å². The van der Waals surface area contributed by atoms with Gasteiger partial charge < -0.3 is 4.74 Å². The second-order valence-electron chi connectivity index (χ2n) is 4.46. The van der Waals surface area contributed by atoms with Crippen LogP contribution in [-0.4, -0.2) is 37.7 Å². The van der Waals surface area contributed by atoms with Gasteiger partial charge in [0.15, 0.2) is 0 Å². The summed E-state index contributed by atoms with van der Waals surface area (Å²) in [4.78, 5) is 2.53. The molecule has 2 nitrogen and oxygen atoms in total. The highest BCUT2D eigenvalue weighted by Gasteiger charge is 2.09. The van der Waals surface area contributed by atoms with Crippen LogP contribution in [0.2, 0.25) is 0 Å². The fourth-order valence-electron chi connectivity index (χ4n) is 1.86. The van der Waals surface area contributed by atoms with Crippen LogP contribution >= 0.6 is 0 Å². The van der Waals surface area contributed by atoms with E-state index in [1.807, 2.05) is 0 Å². The lowest BCUT2D eigenvalue weighted by Gasteiger charge is -2.26. The summed E-state index contributed by atoms with van der Waals surface area (Å²) in [5, 5.41) is 0. The van der Waals surface area contributed by atoms with E-state index in [-0.39, 0.29) is 0 Å². The molecule has 1 aliphatic heterocycles. The molecule has 0 spiro atoms. The Hall–Kier alpha value is -0.0800. The minimum absolute atomic E-state index is 0.916. The summed E-state index contributed by atoms with van der Waals surface area (Å²) in [6, 6.07) is 0. The van der Waals surface area contributed by atoms with Crippen LogP contribution in [0.5, 0.6) is 0 Å². The summed E-state index contributed by atoms with van der Waals surface area (Å²) in [5.74, 6) is 0.916. The van der Waals surface area contributed by atoms with Crippen LogP contribution in [0.1, 0.15) is 39.5 Å². The van der Waals surface area contributed by atoms with E-state index in [1.54, 1.807) is 0 Å². The number of rotatable bonds is 6. The number of hydrogen-bond donors (Lipinski definition) is 0. The van der Waals surface area contributed by atoms with Crippen LogP contribution in [0, 0.1) is 5.92 Å². The maximum absolute atomic E-state index is 5.32.